The van der Waals surface area contributed by atoms with Gasteiger partial charge in [0.25, 0.3) is 5.91 Å². The Morgan fingerprint density at radius 3 is 2.69 bits per heavy atom. The number of nitrogens with zero attached hydrogens (tertiary/aromatic N) is 4. The topological polar surface area (TPSA) is 145 Å². The fraction of sp³-hybridized carbons (Fsp3) is 0.346. The summed E-state index contributed by atoms with van der Waals surface area (Å²) in [6, 6.07) is 5.76. The number of aliphatic imine (C=N–C) groups is 1. The van der Waals surface area contributed by atoms with Crippen molar-refractivity contribution in [2.45, 2.75) is 31.0 Å². The molecule has 1 aromatic carbocycles. The lowest BCUT2D eigenvalue weighted by Gasteiger charge is -2.35. The molecule has 1 aliphatic carbocycles. The van der Waals surface area contributed by atoms with Crippen LogP contribution in [0.2, 0.25) is 0 Å². The lowest BCUT2D eigenvalue weighted by atomic mass is 9.82. The van der Waals surface area contributed by atoms with Crippen LogP contribution in [0.4, 0.5) is 23.4 Å². The van der Waals surface area contributed by atoms with Crippen molar-refractivity contribution in [2.75, 3.05) is 31.0 Å². The van der Waals surface area contributed by atoms with Crippen molar-refractivity contribution in [1.29, 1.82) is 0 Å². The molecule has 1 atom stereocenters. The Labute approximate surface area is 236 Å². The molecule has 0 radical (unpaired) electrons. The van der Waals surface area contributed by atoms with E-state index in [1.54, 1.807) is 25.4 Å². The number of rotatable bonds is 7. The van der Waals surface area contributed by atoms with E-state index in [1.165, 1.54) is 16.9 Å². The fourth-order valence-electron chi connectivity index (χ4n) is 5.22. The summed E-state index contributed by atoms with van der Waals surface area (Å²) in [7, 11) is -2.12. The highest BCUT2D eigenvalue weighted by Crippen LogP contribution is 2.46. The van der Waals surface area contributed by atoms with Crippen LogP contribution < -0.4 is 15.4 Å². The predicted octanol–water partition coefficient (Wildman–Crippen LogP) is 2.51. The van der Waals surface area contributed by atoms with Crippen LogP contribution in [-0.2, 0) is 33.0 Å². The van der Waals surface area contributed by atoms with Crippen molar-refractivity contribution in [1.82, 2.24) is 20.1 Å². The van der Waals surface area contributed by atoms with E-state index in [4.69, 9.17) is 0 Å². The third kappa shape index (κ3) is 5.70. The summed E-state index contributed by atoms with van der Waals surface area (Å²) in [4.78, 5) is 34.4. The summed E-state index contributed by atoms with van der Waals surface area (Å²) in [5.41, 5.74) is 0.222. The number of fused-ring (bicyclic) bond motifs is 3. The predicted molar refractivity (Wildman–Crippen MR) is 142 cm³/mol. The first kappa shape index (κ1) is 29.2. The molecule has 0 saturated carbocycles. The Morgan fingerprint density at radius 1 is 1.29 bits per heavy atom. The molecule has 3 aromatic rings. The molecule has 3 heterocycles. The monoisotopic (exact) mass is 608 g/mol. The molecule has 1 spiro atoms. The van der Waals surface area contributed by atoms with Gasteiger partial charge in [-0.1, -0.05) is 6.07 Å². The van der Waals surface area contributed by atoms with Crippen LogP contribution >= 0.6 is 0 Å². The minimum Gasteiger partial charge on any atom is -0.481 e. The number of benzene rings is 1. The second-order valence-corrected chi connectivity index (χ2v) is 12.2. The van der Waals surface area contributed by atoms with Crippen LogP contribution in [0.15, 0.2) is 35.5 Å². The molecule has 222 valence electrons. The maximum absolute atomic E-state index is 15.2. The molecule has 16 heteroatoms. The van der Waals surface area contributed by atoms with Crippen LogP contribution in [0, 0.1) is 5.82 Å². The van der Waals surface area contributed by atoms with Crippen molar-refractivity contribution in [2.24, 2.45) is 4.99 Å². The Hall–Kier alpha value is -4.34. The fourth-order valence-corrected chi connectivity index (χ4v) is 5.77. The van der Waals surface area contributed by atoms with Crippen LogP contribution in [-0.4, -0.2) is 73.1 Å². The molecule has 0 unspecified atom stereocenters. The molecule has 2 aliphatic rings. The van der Waals surface area contributed by atoms with Gasteiger partial charge in [0.05, 0.1) is 11.2 Å². The second-order valence-electron chi connectivity index (χ2n) is 10.1. The van der Waals surface area contributed by atoms with Gasteiger partial charge in [0.2, 0.25) is 5.91 Å². The van der Waals surface area contributed by atoms with E-state index in [9.17, 15) is 31.2 Å². The van der Waals surface area contributed by atoms with Gasteiger partial charge in [0, 0.05) is 37.7 Å². The highest BCUT2D eigenvalue weighted by atomic mass is 32.2. The van der Waals surface area contributed by atoms with Crippen LogP contribution in [0.3, 0.4) is 0 Å². The minimum atomic E-state index is -4.65. The molecular formula is C26H24F4N6O5S. The number of hydrogen-bond acceptors (Lipinski definition) is 8. The molecule has 0 saturated heterocycles. The zero-order valence-electron chi connectivity index (χ0n) is 22.2. The van der Waals surface area contributed by atoms with E-state index in [2.05, 4.69) is 30.4 Å². The Bertz CT molecular complexity index is 1720. The molecule has 42 heavy (non-hydrogen) atoms. The molecule has 0 bridgehead atoms. The minimum absolute atomic E-state index is 0.0254. The maximum atomic E-state index is 15.2. The number of nitrogens with one attached hydrogen (secondary N) is 2. The van der Waals surface area contributed by atoms with Gasteiger partial charge in [-0.2, -0.15) is 23.0 Å². The lowest BCUT2D eigenvalue weighted by molar-refractivity contribution is -0.153. The van der Waals surface area contributed by atoms with E-state index in [0.29, 0.717) is 11.1 Å². The van der Waals surface area contributed by atoms with E-state index >= 15 is 4.39 Å². The number of ether oxygens (including phenoxy) is 1. The van der Waals surface area contributed by atoms with Crippen LogP contribution in [0.1, 0.15) is 39.2 Å². The average Bonchev–Trinajstić information content (AvgIpc) is 3.41. The first-order valence-electron chi connectivity index (χ1n) is 12.5. The van der Waals surface area contributed by atoms with Crippen LogP contribution in [0.25, 0.3) is 5.82 Å². The summed E-state index contributed by atoms with van der Waals surface area (Å²) in [6.45, 7) is -1.65. The number of carbonyl (C=O) groups is 2. The molecule has 2 aromatic heterocycles. The molecule has 1 aliphatic heterocycles. The lowest BCUT2D eigenvalue weighted by Crippen LogP contribution is -2.50. The van der Waals surface area contributed by atoms with Crippen molar-refractivity contribution >= 4 is 33.7 Å². The summed E-state index contributed by atoms with van der Waals surface area (Å²) in [5, 5.41) is 9.88. The molecule has 2 N–H and O–H groups in total. The first-order valence-corrected chi connectivity index (χ1v) is 14.6. The Balaban J connectivity index is 1.55. The number of aromatic nitrogens is 3. The largest absolute Gasteiger partial charge is 0.481 e. The zero-order chi connectivity index (χ0) is 30.4. The molecule has 2 amide bonds. The highest BCUT2D eigenvalue weighted by molar-refractivity contribution is 7.91. The normalized spacial score (nSPS) is 18.2. The number of hydrogen-bond donors (Lipinski definition) is 2. The number of alkyl halides is 3. The molecule has 5 rings (SSSR count). The van der Waals surface area contributed by atoms with Gasteiger partial charge in [-0.05, 0) is 42.2 Å². The van der Waals surface area contributed by atoms with Gasteiger partial charge in [-0.25, -0.2) is 17.8 Å². The highest BCUT2D eigenvalue weighted by Gasteiger charge is 2.48. The average molecular weight is 609 g/mol. The summed E-state index contributed by atoms with van der Waals surface area (Å²) >= 11 is 0. The summed E-state index contributed by atoms with van der Waals surface area (Å²) in [5.74, 6) is -3.79. The summed E-state index contributed by atoms with van der Waals surface area (Å²) in [6.07, 6.45) is -0.326. The zero-order valence-corrected chi connectivity index (χ0v) is 23.1. The number of amides is 2. The van der Waals surface area contributed by atoms with E-state index in [0.717, 1.165) is 12.3 Å². The second kappa shape index (κ2) is 10.5. The number of pyridine rings is 1. The molecule has 0 fully saturated rings. The van der Waals surface area contributed by atoms with Gasteiger partial charge in [-0.3, -0.25) is 14.6 Å². The quantitative estimate of drug-likeness (QED) is 0.310. The summed E-state index contributed by atoms with van der Waals surface area (Å²) < 4.78 is 82.3. The van der Waals surface area contributed by atoms with Gasteiger partial charge in [0.15, 0.2) is 39.6 Å². The number of halogens is 4. The van der Waals surface area contributed by atoms with E-state index < -0.39 is 57.3 Å². The third-order valence-corrected chi connectivity index (χ3v) is 7.63. The smallest absolute Gasteiger partial charge is 0.422 e. The first-order chi connectivity index (χ1) is 19.7. The van der Waals surface area contributed by atoms with Gasteiger partial charge < -0.3 is 15.4 Å². The van der Waals surface area contributed by atoms with Crippen LogP contribution in [0.5, 0.6) is 5.75 Å². The van der Waals surface area contributed by atoms with E-state index in [-0.39, 0.29) is 47.7 Å². The number of carbonyl (C=O) groups excluding carboxylic acids is 2. The molecular weight excluding hydrogens is 584 g/mol. The number of sulfone groups is 1. The SMILES string of the molecule is CN=Cc1ccc(-n2nc3c(c2NC(=O)CS(C)(=O)=O)C(=O)N[C@@]2(CCc4c2ccc(OCC(F)(F)F)c4F)C3)nc1. The molecule has 11 nitrogen and oxygen atoms in total. The van der Waals surface area contributed by atoms with Crippen molar-refractivity contribution in [3.8, 4) is 11.6 Å². The van der Waals surface area contributed by atoms with Crippen molar-refractivity contribution < 1.29 is 40.3 Å². The Kier molecular flexibility index (Phi) is 7.28. The third-order valence-electron chi connectivity index (χ3n) is 6.84. The number of anilines is 1. The van der Waals surface area contributed by atoms with Gasteiger partial charge in [0.1, 0.15) is 11.3 Å². The van der Waals surface area contributed by atoms with Gasteiger partial charge in [-0.15, -0.1) is 0 Å². The standard InChI is InChI=1S/C26H24F4N6O5S/c1-31-10-14-3-6-19(32-11-14)36-23(33-20(37)12-42(2,39)40)21-17(35-36)9-25(34-24(21)38)8-7-15-16(25)4-5-18(22(15)27)41-13-26(28,29)30/h3-6,10-11H,7-9,12-13H2,1-2H3,(H,33,37)(H,34,38)/t25-/m0/s1. The Morgan fingerprint density at radius 2 is 2.05 bits per heavy atom. The van der Waals surface area contributed by atoms with Crippen molar-refractivity contribution in [3.63, 3.8) is 0 Å². The van der Waals surface area contributed by atoms with Gasteiger partial charge >= 0.3 is 6.18 Å². The van der Waals surface area contributed by atoms with Crippen molar-refractivity contribution in [3.05, 3.63) is 64.2 Å². The maximum Gasteiger partial charge on any atom is 0.422 e. The van der Waals surface area contributed by atoms with E-state index in [1.807, 2.05) is 0 Å².